The first-order valence-electron chi connectivity index (χ1n) is 29.1. The summed E-state index contributed by atoms with van der Waals surface area (Å²) in [4.78, 5) is 142. The number of pyridine rings is 2. The summed E-state index contributed by atoms with van der Waals surface area (Å²) in [5.41, 5.74) is 0.989. The van der Waals surface area contributed by atoms with Gasteiger partial charge in [-0.1, -0.05) is 41.6 Å². The van der Waals surface area contributed by atoms with Gasteiger partial charge in [0, 0.05) is 49.8 Å². The van der Waals surface area contributed by atoms with E-state index >= 15 is 0 Å². The fraction of sp³-hybridized carbons (Fsp3) is 0.290. The van der Waals surface area contributed by atoms with E-state index < -0.39 is 77.3 Å². The molecule has 500 valence electrons. The van der Waals surface area contributed by atoms with Crippen LogP contribution in [0.3, 0.4) is 0 Å². The highest BCUT2D eigenvalue weighted by molar-refractivity contribution is 7.15. The van der Waals surface area contributed by atoms with E-state index in [1.54, 1.807) is 74.2 Å². The zero-order valence-electron chi connectivity index (χ0n) is 52.6. The molecule has 0 aliphatic carbocycles. The van der Waals surface area contributed by atoms with Crippen LogP contribution in [0.4, 0.5) is 0 Å². The van der Waals surface area contributed by atoms with Crippen LogP contribution in [0.1, 0.15) is 128 Å². The molecule has 8 aromatic heterocycles. The molecular weight excluding hydrogens is 1370 g/mol. The molecule has 6 amide bonds. The quantitative estimate of drug-likeness (QED) is 0.0149. The van der Waals surface area contributed by atoms with Crippen molar-refractivity contribution >= 4 is 144 Å². The highest BCUT2D eigenvalue weighted by Gasteiger charge is 2.36. The lowest BCUT2D eigenvalue weighted by molar-refractivity contribution is -0.124. The third-order valence-electron chi connectivity index (χ3n) is 14.1. The molecular formula is C62H63ClN16O11S6. The molecule has 96 heavy (non-hydrogen) atoms. The molecule has 5 unspecified atom stereocenters. The number of carbonyl (C=O) groups is 7. The minimum atomic E-state index is -1.65. The van der Waals surface area contributed by atoms with Crippen LogP contribution in [-0.4, -0.2) is 160 Å². The number of thiazole rings is 6. The summed E-state index contributed by atoms with van der Waals surface area (Å²) in [6, 6.07) is 10.1. The molecule has 1 aliphatic heterocycles. The summed E-state index contributed by atoms with van der Waals surface area (Å²) in [5.74, 6) is -5.02. The Labute approximate surface area is 579 Å². The summed E-state index contributed by atoms with van der Waals surface area (Å²) in [6.45, 7) is 11.9. The first-order chi connectivity index (χ1) is 45.4. The van der Waals surface area contributed by atoms with Crippen LogP contribution in [-0.2, 0) is 19.2 Å². The van der Waals surface area contributed by atoms with Crippen LogP contribution >= 0.6 is 80.4 Å². The van der Waals surface area contributed by atoms with Crippen LogP contribution in [0, 0.1) is 0 Å². The van der Waals surface area contributed by atoms with Crippen molar-refractivity contribution < 1.29 is 53.3 Å². The largest absolute Gasteiger partial charge is 0.455 e. The maximum atomic E-state index is 14.6. The number of carbonyl (C=O) groups excluding carboxylic acids is 7. The number of rotatable bonds is 16. The molecule has 27 nitrogen and oxygen atoms in total. The smallest absolute Gasteiger partial charge is 0.357 e. The predicted molar refractivity (Wildman–Crippen MR) is 370 cm³/mol. The number of esters is 1. The fourth-order valence-corrected chi connectivity index (χ4v) is 14.3. The molecule has 9 aromatic rings. The van der Waals surface area contributed by atoms with Crippen molar-refractivity contribution in [2.24, 2.45) is 5.16 Å². The summed E-state index contributed by atoms with van der Waals surface area (Å²) in [7, 11) is 3.82. The van der Waals surface area contributed by atoms with E-state index in [0.717, 1.165) is 62.1 Å². The first-order valence-corrected chi connectivity index (χ1v) is 34.4. The Bertz CT molecular complexity index is 4490. The van der Waals surface area contributed by atoms with Crippen LogP contribution in [0.15, 0.2) is 104 Å². The molecule has 8 N–H and O–H groups in total. The number of likely N-dealkylation sites (N-methyl/N-ethyl adjacent to an activating group) is 1. The molecule has 0 fully saturated rings. The molecule has 34 heteroatoms. The number of amides is 6. The van der Waals surface area contributed by atoms with E-state index in [4.69, 9.17) is 29.5 Å². The van der Waals surface area contributed by atoms with Crippen LogP contribution in [0.2, 0.25) is 0 Å². The maximum absolute atomic E-state index is 14.6. The van der Waals surface area contributed by atoms with Gasteiger partial charge in [0.05, 0.1) is 40.9 Å². The second kappa shape index (κ2) is 31.2. The van der Waals surface area contributed by atoms with Gasteiger partial charge < -0.3 is 56.6 Å². The number of hydrogen-bond donors (Lipinski definition) is 8. The molecule has 5 atom stereocenters. The number of halogens is 1. The van der Waals surface area contributed by atoms with Gasteiger partial charge in [-0.05, 0) is 86.8 Å². The zero-order valence-corrected chi connectivity index (χ0v) is 58.4. The molecule has 0 saturated carbocycles. The number of nitrogens with one attached hydrogen (secondary N) is 6. The van der Waals surface area contributed by atoms with Gasteiger partial charge in [0.15, 0.2) is 0 Å². The van der Waals surface area contributed by atoms with E-state index in [1.165, 1.54) is 66.5 Å². The van der Waals surface area contributed by atoms with Gasteiger partial charge >= 0.3 is 5.97 Å². The zero-order chi connectivity index (χ0) is 67.8. The van der Waals surface area contributed by atoms with Crippen LogP contribution in [0.5, 0.6) is 0 Å². The molecule has 0 radical (unpaired) electrons. The van der Waals surface area contributed by atoms with Crippen molar-refractivity contribution in [3.05, 3.63) is 142 Å². The van der Waals surface area contributed by atoms with Gasteiger partial charge in [0.2, 0.25) is 5.91 Å². The Balaban J connectivity index is 0.0000108. The van der Waals surface area contributed by atoms with E-state index in [0.29, 0.717) is 51.3 Å². The van der Waals surface area contributed by atoms with Gasteiger partial charge in [-0.15, -0.1) is 80.4 Å². The highest BCUT2D eigenvalue weighted by Crippen LogP contribution is 2.39. The summed E-state index contributed by atoms with van der Waals surface area (Å²) in [5, 5.41) is 54.7. The average Bonchev–Trinajstić information content (AvgIpc) is 1.66. The Kier molecular flexibility index (Phi) is 23.2. The average molecular weight is 1440 g/mol. The number of hydrogen-bond acceptors (Lipinski definition) is 27. The maximum Gasteiger partial charge on any atom is 0.357 e. The van der Waals surface area contributed by atoms with Crippen molar-refractivity contribution in [3.63, 3.8) is 0 Å². The summed E-state index contributed by atoms with van der Waals surface area (Å²) in [6.07, 6.45) is 0.445. The van der Waals surface area contributed by atoms with Gasteiger partial charge in [0.1, 0.15) is 112 Å². The van der Waals surface area contributed by atoms with Gasteiger partial charge in [-0.25, -0.2) is 44.7 Å². The van der Waals surface area contributed by atoms with Crippen molar-refractivity contribution in [2.45, 2.75) is 84.4 Å². The van der Waals surface area contributed by atoms with E-state index in [-0.39, 0.29) is 90.2 Å². The monoisotopic (exact) mass is 1430 g/mol. The number of aromatic nitrogens is 8. The van der Waals surface area contributed by atoms with Gasteiger partial charge in [0.25, 0.3) is 29.5 Å². The van der Waals surface area contributed by atoms with E-state index in [9.17, 15) is 43.8 Å². The Hall–Kier alpha value is -9.03. The Morgan fingerprint density at radius 2 is 1.31 bits per heavy atom. The van der Waals surface area contributed by atoms with Gasteiger partial charge in [-0.2, -0.15) is 0 Å². The molecule has 0 saturated heterocycles. The highest BCUT2D eigenvalue weighted by atomic mass is 35.5. The molecule has 9 heterocycles. The van der Waals surface area contributed by atoms with Crippen molar-refractivity contribution in [1.82, 2.24) is 76.7 Å². The minimum absolute atomic E-state index is 0. The topological polar surface area (TPSA) is 369 Å². The van der Waals surface area contributed by atoms with Crippen molar-refractivity contribution in [1.29, 1.82) is 0 Å². The summed E-state index contributed by atoms with van der Waals surface area (Å²) >= 11 is 6.60. The fourth-order valence-electron chi connectivity index (χ4n) is 9.06. The first kappa shape index (κ1) is 71.3. The number of allylic oxidation sites excluding steroid dienone is 2. The third kappa shape index (κ3) is 17.0. The number of oxime groups is 1. The second-order valence-corrected chi connectivity index (χ2v) is 27.3. The predicted octanol–water partition coefficient (Wildman–Crippen LogP) is 8.09. The number of fused-ring (bicyclic) bond motifs is 12. The SMILES string of the molecule is C/C=C(\NC(=O)c1csc(-c2csc(-c3ccc4c(n3)-c3csc(n3)C(C(C)OC(=O)c3ccc5ccccc5n3)NC(=O)c3csc(n3)C(C(C)(C)O)NC(=O)c3csc(n3)/C(=C/C)NC(=O)C(C(C)O)NC(=O)c3csc-4n3)n2)n1)C(=O)NC/C(C)=N/OCCN(C)C.Cl. The number of benzene rings is 1. The Morgan fingerprint density at radius 3 is 2.03 bits per heavy atom. The van der Waals surface area contributed by atoms with E-state index in [1.807, 2.05) is 31.1 Å². The van der Waals surface area contributed by atoms with Crippen LogP contribution < -0.4 is 31.9 Å². The third-order valence-corrected chi connectivity index (χ3v) is 19.4. The lowest BCUT2D eigenvalue weighted by Gasteiger charge is -2.28. The number of nitrogens with zero attached hydrogens (tertiary/aromatic N) is 10. The molecule has 10 rings (SSSR count). The standard InChI is InChI=1S/C62H62N16O11S6.ClH/c1-10-34(49(80)63-22-29(3)77-88-21-20-78(8)9)66-50(81)40-25-92-58(71-40)44-28-93-57(73-44)37-19-17-33-47(65-37)39-23-94-59(68-39)46(31(5)89-61(86)38-18-16-32-14-12-13-15-36(32)64-38)75-52(83)42-27-95-60(72-42)48(62(6,7)87)76-53(84)43-26-91-56(70-43)35(11-2)67-54(85)45(30(4)79)74-51(82)41-24-90-55(33)69-41;/h10-19,23-28,30-31,45-46,48,79,87H,20-22H2,1-9H3,(H,63,80)(H,66,81)(H,67,85)(H,74,82)(H,75,83)(H,76,84);1H/b34-10-,35-11-,77-29+;. The van der Waals surface area contributed by atoms with Crippen LogP contribution in [0.25, 0.3) is 60.0 Å². The summed E-state index contributed by atoms with van der Waals surface area (Å²) < 4.78 is 6.10. The number of aliphatic hydroxyl groups is 2. The normalized spacial score (nSPS) is 16.9. The number of aliphatic hydroxyl groups excluding tert-OH is 1. The lowest BCUT2D eigenvalue weighted by Crippen LogP contribution is -2.52. The Morgan fingerprint density at radius 1 is 0.698 bits per heavy atom. The van der Waals surface area contributed by atoms with E-state index in [2.05, 4.69) is 57.0 Å². The molecule has 8 bridgehead atoms. The number of ether oxygens (including phenoxy) is 1. The molecule has 1 aromatic carbocycles. The van der Waals surface area contributed by atoms with Gasteiger partial charge in [-0.3, -0.25) is 28.8 Å². The number of para-hydroxylation sites is 1. The molecule has 0 spiro atoms. The van der Waals surface area contributed by atoms with Crippen molar-refractivity contribution in [3.8, 4) is 43.4 Å². The van der Waals surface area contributed by atoms with Crippen molar-refractivity contribution in [2.75, 3.05) is 33.8 Å². The lowest BCUT2D eigenvalue weighted by atomic mass is 9.99. The second-order valence-electron chi connectivity index (χ2n) is 22.1. The minimum Gasteiger partial charge on any atom is -0.455 e. The molecule has 1 aliphatic rings.